The van der Waals surface area contributed by atoms with Crippen LogP contribution in [-0.2, 0) is 0 Å². The van der Waals surface area contributed by atoms with Crippen LogP contribution in [0.3, 0.4) is 0 Å². The Bertz CT molecular complexity index is 3330. The molecule has 11 rings (SSSR count). The summed E-state index contributed by atoms with van der Waals surface area (Å²) in [5.74, 6) is 0. The molecular weight excluding hydrogens is 759 g/mol. The highest BCUT2D eigenvalue weighted by molar-refractivity contribution is 5.91. The first-order valence-corrected chi connectivity index (χ1v) is 21.6. The van der Waals surface area contributed by atoms with Gasteiger partial charge in [-0.1, -0.05) is 206 Å². The summed E-state index contributed by atoms with van der Waals surface area (Å²) in [6.45, 7) is 0. The van der Waals surface area contributed by atoms with E-state index in [2.05, 4.69) is 266 Å². The minimum atomic E-state index is 1.09. The molecule has 0 aromatic heterocycles. The van der Waals surface area contributed by atoms with Crippen LogP contribution in [0.2, 0.25) is 0 Å². The van der Waals surface area contributed by atoms with Gasteiger partial charge in [0.15, 0.2) is 0 Å². The zero-order valence-corrected chi connectivity index (χ0v) is 34.8. The van der Waals surface area contributed by atoms with Crippen LogP contribution in [0.15, 0.2) is 261 Å². The zero-order chi connectivity index (χ0) is 42.0. The van der Waals surface area contributed by atoms with Gasteiger partial charge in [-0.15, -0.1) is 0 Å². The lowest BCUT2D eigenvalue weighted by atomic mass is 9.91. The Balaban J connectivity index is 0.950. The Morgan fingerprint density at radius 3 is 0.952 bits per heavy atom. The van der Waals surface area contributed by atoms with E-state index in [1.165, 1.54) is 88.3 Å². The molecule has 1 nitrogen and oxygen atoms in total. The lowest BCUT2D eigenvalue weighted by Crippen LogP contribution is -2.09. The quantitative estimate of drug-likeness (QED) is 0.141. The number of rotatable bonds is 9. The fourth-order valence-electron chi connectivity index (χ4n) is 8.90. The molecule has 0 aliphatic heterocycles. The van der Waals surface area contributed by atoms with Gasteiger partial charge in [0.05, 0.1) is 0 Å². The second-order valence-corrected chi connectivity index (χ2v) is 16.2. The predicted octanol–water partition coefficient (Wildman–Crippen LogP) is 17.5. The van der Waals surface area contributed by atoms with Crippen LogP contribution in [0.25, 0.3) is 88.3 Å². The summed E-state index contributed by atoms with van der Waals surface area (Å²) in [5, 5.41) is 5.01. The Morgan fingerprint density at radius 1 is 0.175 bits per heavy atom. The Labute approximate surface area is 369 Å². The highest BCUT2D eigenvalue weighted by Crippen LogP contribution is 2.41. The third-order valence-electron chi connectivity index (χ3n) is 12.3. The van der Waals surface area contributed by atoms with Crippen LogP contribution in [0.1, 0.15) is 0 Å². The van der Waals surface area contributed by atoms with Crippen molar-refractivity contribution in [3.63, 3.8) is 0 Å². The molecular formula is C62H43N. The average Bonchev–Trinajstić information content (AvgIpc) is 3.37. The predicted molar refractivity (Wildman–Crippen MR) is 269 cm³/mol. The number of fused-ring (bicyclic) bond motifs is 2. The molecule has 0 saturated carbocycles. The molecule has 0 aliphatic carbocycles. The minimum absolute atomic E-state index is 1.09. The molecule has 0 heterocycles. The van der Waals surface area contributed by atoms with Gasteiger partial charge in [-0.3, -0.25) is 0 Å². The maximum atomic E-state index is 2.36. The van der Waals surface area contributed by atoms with Crippen LogP contribution in [0.5, 0.6) is 0 Å². The van der Waals surface area contributed by atoms with Crippen molar-refractivity contribution in [3.8, 4) is 66.8 Å². The summed E-state index contributed by atoms with van der Waals surface area (Å²) in [6.07, 6.45) is 0. The molecule has 0 radical (unpaired) electrons. The lowest BCUT2D eigenvalue weighted by molar-refractivity contribution is 1.28. The molecule has 11 aromatic carbocycles. The van der Waals surface area contributed by atoms with Crippen LogP contribution in [-0.4, -0.2) is 0 Å². The van der Waals surface area contributed by atoms with Crippen molar-refractivity contribution in [1.82, 2.24) is 0 Å². The van der Waals surface area contributed by atoms with Crippen molar-refractivity contribution in [2.45, 2.75) is 0 Å². The highest BCUT2D eigenvalue weighted by Gasteiger charge is 2.16. The van der Waals surface area contributed by atoms with Gasteiger partial charge in [0.2, 0.25) is 0 Å². The molecule has 63 heavy (non-hydrogen) atoms. The van der Waals surface area contributed by atoms with Crippen molar-refractivity contribution in [1.29, 1.82) is 0 Å². The van der Waals surface area contributed by atoms with Gasteiger partial charge in [0, 0.05) is 17.1 Å². The fourth-order valence-corrected chi connectivity index (χ4v) is 8.90. The van der Waals surface area contributed by atoms with E-state index in [4.69, 9.17) is 0 Å². The SMILES string of the molecule is c1ccc(-c2ccc(-c3ccccc3)c(-c3ccc(N(c4ccc(-c5ccc(-c6ccc7ccccc7c6)cc5)cc4)c4ccc(-c5ccc6ccccc6c5)cc4)cc3)c2)cc1. The second kappa shape index (κ2) is 16.7. The molecule has 0 N–H and O–H groups in total. The number of nitrogens with zero attached hydrogens (tertiary/aromatic N) is 1. The Morgan fingerprint density at radius 2 is 0.476 bits per heavy atom. The van der Waals surface area contributed by atoms with E-state index in [1.807, 2.05) is 0 Å². The highest BCUT2D eigenvalue weighted by atomic mass is 15.1. The first-order valence-electron chi connectivity index (χ1n) is 21.6. The third-order valence-corrected chi connectivity index (χ3v) is 12.3. The second-order valence-electron chi connectivity index (χ2n) is 16.2. The largest absolute Gasteiger partial charge is 0.311 e. The topological polar surface area (TPSA) is 3.24 Å². The van der Waals surface area contributed by atoms with E-state index >= 15 is 0 Å². The Hall–Kier alpha value is -8.26. The van der Waals surface area contributed by atoms with Crippen LogP contribution in [0.4, 0.5) is 17.1 Å². The molecule has 0 unspecified atom stereocenters. The van der Waals surface area contributed by atoms with Gasteiger partial charge in [0.1, 0.15) is 0 Å². The third kappa shape index (κ3) is 7.69. The Kier molecular flexibility index (Phi) is 9.97. The molecule has 0 saturated heterocycles. The summed E-state index contributed by atoms with van der Waals surface area (Å²) in [5.41, 5.74) is 17.7. The minimum Gasteiger partial charge on any atom is -0.311 e. The summed E-state index contributed by atoms with van der Waals surface area (Å²) in [4.78, 5) is 2.36. The lowest BCUT2D eigenvalue weighted by Gasteiger charge is -2.26. The standard InChI is InChI=1S/C62H43N/c1-3-11-44(12-4-1)57-33-40-61(51-15-5-2-6-16-51)62(43-57)52-31-38-60(39-32-52)63(59-36-29-50(30-37-59)56-26-24-46-14-8-10-18-54(46)42-56)58-34-27-48(28-35-58)47-19-21-49(22-20-47)55-25-23-45-13-7-9-17-53(45)41-55/h1-43H. The molecule has 0 aliphatic rings. The van der Waals surface area contributed by atoms with Gasteiger partial charge in [-0.2, -0.15) is 0 Å². The van der Waals surface area contributed by atoms with Crippen LogP contribution < -0.4 is 4.90 Å². The monoisotopic (exact) mass is 801 g/mol. The number of hydrogen-bond donors (Lipinski definition) is 0. The van der Waals surface area contributed by atoms with Gasteiger partial charge >= 0.3 is 0 Å². The van der Waals surface area contributed by atoms with Crippen molar-refractivity contribution < 1.29 is 0 Å². The number of benzene rings is 11. The van der Waals surface area contributed by atoms with E-state index in [9.17, 15) is 0 Å². The summed E-state index contributed by atoms with van der Waals surface area (Å²) < 4.78 is 0. The maximum absolute atomic E-state index is 2.36. The molecule has 0 amide bonds. The molecule has 296 valence electrons. The molecule has 0 bridgehead atoms. The summed E-state index contributed by atoms with van der Waals surface area (Å²) in [6, 6.07) is 94.6. The normalized spacial score (nSPS) is 11.2. The number of hydrogen-bond acceptors (Lipinski definition) is 1. The molecule has 0 fully saturated rings. The summed E-state index contributed by atoms with van der Waals surface area (Å²) >= 11 is 0. The van der Waals surface area contributed by atoms with Gasteiger partial charge in [-0.05, 0) is 143 Å². The van der Waals surface area contributed by atoms with E-state index in [0.29, 0.717) is 0 Å². The summed E-state index contributed by atoms with van der Waals surface area (Å²) in [7, 11) is 0. The smallest absolute Gasteiger partial charge is 0.0462 e. The van der Waals surface area contributed by atoms with Crippen molar-refractivity contribution in [2.24, 2.45) is 0 Å². The van der Waals surface area contributed by atoms with Crippen LogP contribution >= 0.6 is 0 Å². The van der Waals surface area contributed by atoms with E-state index in [0.717, 1.165) is 17.1 Å². The van der Waals surface area contributed by atoms with Crippen LogP contribution in [0, 0.1) is 0 Å². The fraction of sp³-hybridized carbons (Fsp3) is 0. The average molecular weight is 802 g/mol. The molecule has 0 spiro atoms. The number of anilines is 3. The van der Waals surface area contributed by atoms with Crippen molar-refractivity contribution in [2.75, 3.05) is 4.90 Å². The molecule has 1 heteroatoms. The van der Waals surface area contributed by atoms with E-state index in [1.54, 1.807) is 0 Å². The molecule has 0 atom stereocenters. The first kappa shape index (κ1) is 37.7. The van der Waals surface area contributed by atoms with Crippen molar-refractivity contribution in [3.05, 3.63) is 261 Å². The van der Waals surface area contributed by atoms with Gasteiger partial charge in [-0.25, -0.2) is 0 Å². The zero-order valence-electron chi connectivity index (χ0n) is 34.8. The van der Waals surface area contributed by atoms with Crippen molar-refractivity contribution >= 4 is 38.6 Å². The van der Waals surface area contributed by atoms with E-state index < -0.39 is 0 Å². The van der Waals surface area contributed by atoms with Gasteiger partial charge in [0.25, 0.3) is 0 Å². The molecule has 11 aromatic rings. The van der Waals surface area contributed by atoms with Gasteiger partial charge < -0.3 is 4.90 Å². The maximum Gasteiger partial charge on any atom is 0.0462 e. The first-order chi connectivity index (χ1) is 31.2. The van der Waals surface area contributed by atoms with E-state index in [-0.39, 0.29) is 0 Å².